The first-order valence-electron chi connectivity index (χ1n) is 10.6. The number of amides is 3. The average Bonchev–Trinajstić information content (AvgIpc) is 2.72. The molecular weight excluding hydrogens is 364 g/mol. The van der Waals surface area contributed by atoms with Crippen LogP contribution in [0.4, 0.5) is 0 Å². The Balaban J connectivity index is 1.39. The quantitative estimate of drug-likeness (QED) is 0.777. The second-order valence-corrected chi connectivity index (χ2v) is 8.52. The van der Waals surface area contributed by atoms with Crippen LogP contribution in [0.2, 0.25) is 0 Å². The summed E-state index contributed by atoms with van der Waals surface area (Å²) in [6.07, 6.45) is 4.19. The van der Waals surface area contributed by atoms with E-state index in [-0.39, 0.29) is 30.3 Å². The third-order valence-electron chi connectivity index (χ3n) is 6.69. The lowest BCUT2D eigenvalue weighted by Gasteiger charge is -2.34. The van der Waals surface area contributed by atoms with E-state index < -0.39 is 0 Å². The zero-order valence-electron chi connectivity index (χ0n) is 17.1. The Morgan fingerprint density at radius 1 is 1.03 bits per heavy atom. The fourth-order valence-electron chi connectivity index (χ4n) is 4.75. The van der Waals surface area contributed by atoms with Gasteiger partial charge in [0.15, 0.2) is 0 Å². The molecule has 2 aliphatic rings. The first-order valence-corrected chi connectivity index (χ1v) is 10.6. The Bertz CT molecular complexity index is 917. The third kappa shape index (κ3) is 3.66. The van der Waals surface area contributed by atoms with Gasteiger partial charge in [-0.15, -0.1) is 0 Å². The molecule has 0 saturated heterocycles. The molecule has 1 N–H and O–H groups in total. The molecule has 3 atom stereocenters. The summed E-state index contributed by atoms with van der Waals surface area (Å²) in [6, 6.07) is 11.3. The van der Waals surface area contributed by atoms with Crippen LogP contribution >= 0.6 is 0 Å². The number of carbonyl (C=O) groups excluding carboxylic acids is 3. The van der Waals surface area contributed by atoms with Crippen LogP contribution in [0.5, 0.6) is 0 Å². The van der Waals surface area contributed by atoms with E-state index in [1.807, 2.05) is 24.3 Å². The molecule has 2 aromatic rings. The maximum Gasteiger partial charge on any atom is 0.261 e. The molecule has 0 radical (unpaired) electrons. The Hall–Kier alpha value is -2.69. The minimum Gasteiger partial charge on any atom is -0.353 e. The molecular formula is C24H28N2O3. The number of imide groups is 1. The number of nitrogens with one attached hydrogen (secondary N) is 1. The number of carbonyl (C=O) groups is 3. The van der Waals surface area contributed by atoms with Gasteiger partial charge in [-0.05, 0) is 42.2 Å². The number of nitrogens with zero attached hydrogens (tertiary/aromatic N) is 1. The van der Waals surface area contributed by atoms with Gasteiger partial charge in [-0.25, -0.2) is 0 Å². The molecule has 0 bridgehead atoms. The van der Waals surface area contributed by atoms with E-state index in [1.54, 1.807) is 12.1 Å². The average molecular weight is 392 g/mol. The fourth-order valence-corrected chi connectivity index (χ4v) is 4.75. The second kappa shape index (κ2) is 7.97. The predicted octanol–water partition coefficient (Wildman–Crippen LogP) is 4.16. The van der Waals surface area contributed by atoms with Crippen molar-refractivity contribution in [1.82, 2.24) is 10.2 Å². The lowest BCUT2D eigenvalue weighted by atomic mass is 9.78. The van der Waals surface area contributed by atoms with Crippen molar-refractivity contribution >= 4 is 28.5 Å². The third-order valence-corrected chi connectivity index (χ3v) is 6.69. The van der Waals surface area contributed by atoms with Crippen molar-refractivity contribution in [2.45, 2.75) is 52.0 Å². The van der Waals surface area contributed by atoms with Crippen LogP contribution in [0.25, 0.3) is 10.8 Å². The molecule has 4 rings (SSSR count). The maximum absolute atomic E-state index is 12.9. The Morgan fingerprint density at radius 3 is 2.34 bits per heavy atom. The first kappa shape index (κ1) is 19.6. The van der Waals surface area contributed by atoms with Crippen LogP contribution in [0, 0.1) is 11.8 Å². The fraction of sp³-hybridized carbons (Fsp3) is 0.458. The van der Waals surface area contributed by atoms with Crippen molar-refractivity contribution < 1.29 is 14.4 Å². The van der Waals surface area contributed by atoms with E-state index in [0.29, 0.717) is 35.8 Å². The summed E-state index contributed by atoms with van der Waals surface area (Å²) in [5.74, 6) is 0.578. The van der Waals surface area contributed by atoms with E-state index >= 15 is 0 Å². The van der Waals surface area contributed by atoms with Crippen molar-refractivity contribution in [1.29, 1.82) is 0 Å². The van der Waals surface area contributed by atoms with Crippen molar-refractivity contribution in [3.63, 3.8) is 0 Å². The molecule has 152 valence electrons. The minimum absolute atomic E-state index is 0.00959. The van der Waals surface area contributed by atoms with Gasteiger partial charge < -0.3 is 5.32 Å². The summed E-state index contributed by atoms with van der Waals surface area (Å²) < 4.78 is 0. The zero-order chi connectivity index (χ0) is 20.5. The molecule has 5 heteroatoms. The number of hydrogen-bond donors (Lipinski definition) is 1. The molecule has 29 heavy (non-hydrogen) atoms. The van der Waals surface area contributed by atoms with Crippen LogP contribution in [0.3, 0.4) is 0 Å². The van der Waals surface area contributed by atoms with Gasteiger partial charge >= 0.3 is 0 Å². The molecule has 1 fully saturated rings. The van der Waals surface area contributed by atoms with Crippen molar-refractivity contribution in [2.75, 3.05) is 6.54 Å². The van der Waals surface area contributed by atoms with Crippen molar-refractivity contribution in [3.05, 3.63) is 47.5 Å². The van der Waals surface area contributed by atoms with E-state index in [0.717, 1.165) is 23.6 Å². The van der Waals surface area contributed by atoms with Crippen LogP contribution in [-0.4, -0.2) is 35.2 Å². The molecule has 0 aromatic heterocycles. The molecule has 3 amide bonds. The molecule has 0 spiro atoms. The minimum atomic E-state index is -0.269. The van der Waals surface area contributed by atoms with Gasteiger partial charge in [-0.2, -0.15) is 0 Å². The van der Waals surface area contributed by atoms with Crippen LogP contribution in [0.15, 0.2) is 36.4 Å². The molecule has 0 unspecified atom stereocenters. The van der Waals surface area contributed by atoms with E-state index in [1.165, 1.54) is 11.3 Å². The summed E-state index contributed by atoms with van der Waals surface area (Å²) in [5.41, 5.74) is 1.12. The monoisotopic (exact) mass is 392 g/mol. The first-order chi connectivity index (χ1) is 14.0. The SMILES string of the molecule is C[C@@H]1[C@H](C)CCC[C@@H]1NC(=O)CCCN1C(=O)c2cccc3cccc(c23)C1=O. The second-order valence-electron chi connectivity index (χ2n) is 8.52. The van der Waals surface area contributed by atoms with Gasteiger partial charge in [-0.3, -0.25) is 19.3 Å². The highest BCUT2D eigenvalue weighted by Gasteiger charge is 2.32. The topological polar surface area (TPSA) is 66.5 Å². The summed E-state index contributed by atoms with van der Waals surface area (Å²) >= 11 is 0. The van der Waals surface area contributed by atoms with Crippen LogP contribution in [-0.2, 0) is 4.79 Å². The Kier molecular flexibility index (Phi) is 5.39. The Labute approximate surface area is 171 Å². The van der Waals surface area contributed by atoms with Gasteiger partial charge in [0.25, 0.3) is 11.8 Å². The van der Waals surface area contributed by atoms with Crippen LogP contribution in [0.1, 0.15) is 66.7 Å². The standard InChI is InChI=1S/C24H28N2O3/c1-15-7-3-12-20(16(15)2)25-21(27)13-6-14-26-23(28)18-10-4-8-17-9-5-11-19(22(17)18)24(26)29/h4-5,8-11,15-16,20H,3,6-7,12-14H2,1-2H3,(H,25,27)/t15-,16-,20+/m1/s1. The van der Waals surface area contributed by atoms with E-state index in [2.05, 4.69) is 19.2 Å². The van der Waals surface area contributed by atoms with E-state index in [9.17, 15) is 14.4 Å². The zero-order valence-corrected chi connectivity index (χ0v) is 17.1. The Morgan fingerprint density at radius 2 is 1.69 bits per heavy atom. The summed E-state index contributed by atoms with van der Waals surface area (Å²) in [4.78, 5) is 39.5. The van der Waals surface area contributed by atoms with Gasteiger partial charge in [-0.1, -0.05) is 51.0 Å². The number of hydrogen-bond acceptors (Lipinski definition) is 3. The largest absolute Gasteiger partial charge is 0.353 e. The smallest absolute Gasteiger partial charge is 0.261 e. The highest BCUT2D eigenvalue weighted by Crippen LogP contribution is 2.31. The molecule has 1 aliphatic carbocycles. The van der Waals surface area contributed by atoms with Crippen LogP contribution < -0.4 is 5.32 Å². The van der Waals surface area contributed by atoms with Gasteiger partial charge in [0, 0.05) is 35.5 Å². The molecule has 1 saturated carbocycles. The van der Waals surface area contributed by atoms with Crippen molar-refractivity contribution in [3.8, 4) is 0 Å². The predicted molar refractivity (Wildman–Crippen MR) is 113 cm³/mol. The number of benzene rings is 2. The highest BCUT2D eigenvalue weighted by molar-refractivity contribution is 6.25. The molecule has 1 aliphatic heterocycles. The summed E-state index contributed by atoms with van der Waals surface area (Å²) in [5, 5.41) is 4.80. The molecule has 1 heterocycles. The summed E-state index contributed by atoms with van der Waals surface area (Å²) in [7, 11) is 0. The van der Waals surface area contributed by atoms with Crippen molar-refractivity contribution in [2.24, 2.45) is 11.8 Å². The van der Waals surface area contributed by atoms with Gasteiger partial charge in [0.05, 0.1) is 0 Å². The number of rotatable bonds is 5. The lowest BCUT2D eigenvalue weighted by molar-refractivity contribution is -0.122. The normalized spacial score (nSPS) is 24.1. The van der Waals surface area contributed by atoms with Gasteiger partial charge in [0.2, 0.25) is 5.91 Å². The molecule has 2 aromatic carbocycles. The maximum atomic E-state index is 12.9. The van der Waals surface area contributed by atoms with E-state index in [4.69, 9.17) is 0 Å². The summed E-state index contributed by atoms with van der Waals surface area (Å²) in [6.45, 7) is 4.71. The lowest BCUT2D eigenvalue weighted by Crippen LogP contribution is -2.44. The molecule has 5 nitrogen and oxygen atoms in total. The highest BCUT2D eigenvalue weighted by atomic mass is 16.2. The van der Waals surface area contributed by atoms with Gasteiger partial charge in [0.1, 0.15) is 0 Å².